The first-order valence-electron chi connectivity index (χ1n) is 5.93. The van der Waals surface area contributed by atoms with E-state index in [0.717, 1.165) is 38.7 Å². The molecule has 0 amide bonds. The molecule has 1 fully saturated rings. The molecule has 2 heterocycles. The van der Waals surface area contributed by atoms with Gasteiger partial charge in [0.25, 0.3) is 0 Å². The molecule has 5 nitrogen and oxygen atoms in total. The van der Waals surface area contributed by atoms with Crippen LogP contribution in [0.3, 0.4) is 0 Å². The predicted octanol–water partition coefficient (Wildman–Crippen LogP) is 3.20. The molecule has 19 heavy (non-hydrogen) atoms. The van der Waals surface area contributed by atoms with Crippen LogP contribution in [-0.4, -0.2) is 24.9 Å². The Morgan fingerprint density at radius 2 is 2.16 bits per heavy atom. The lowest BCUT2D eigenvalue weighted by molar-refractivity contribution is 0.477. The number of phenols is 1. The van der Waals surface area contributed by atoms with Crippen LogP contribution in [0.1, 0.15) is 24.6 Å². The summed E-state index contributed by atoms with van der Waals surface area (Å²) >= 11 is 4.77. The van der Waals surface area contributed by atoms with Crippen LogP contribution in [0, 0.1) is 0 Å². The van der Waals surface area contributed by atoms with E-state index in [1.807, 2.05) is 12.1 Å². The van der Waals surface area contributed by atoms with Crippen molar-refractivity contribution in [1.82, 2.24) is 19.8 Å². The monoisotopic (exact) mass is 336 g/mol. The Morgan fingerprint density at radius 3 is 2.89 bits per heavy atom. The van der Waals surface area contributed by atoms with Gasteiger partial charge in [0, 0.05) is 10.4 Å². The predicted molar refractivity (Wildman–Crippen MR) is 75.4 cm³/mol. The number of aromatic nitrogens is 4. The first-order valence-corrected chi connectivity index (χ1v) is 7.54. The lowest BCUT2D eigenvalue weighted by Gasteiger charge is -2.00. The molecule has 0 radical (unpaired) electrons. The smallest absolute Gasteiger partial charge is 0.234 e. The van der Waals surface area contributed by atoms with E-state index in [2.05, 4.69) is 31.2 Å². The van der Waals surface area contributed by atoms with Gasteiger partial charge >= 0.3 is 0 Å². The number of aromatic hydroxyl groups is 1. The Bertz CT molecular complexity index is 777. The molecule has 1 aliphatic rings. The number of hydrogen-bond donors (Lipinski definition) is 1. The number of rotatable bonds is 2. The van der Waals surface area contributed by atoms with Crippen LogP contribution in [0.5, 0.6) is 5.75 Å². The average Bonchev–Trinajstić information content (AvgIpc) is 2.99. The molecule has 0 atom stereocenters. The molecule has 96 valence electrons. The van der Waals surface area contributed by atoms with Crippen LogP contribution in [0.4, 0.5) is 0 Å². The lowest BCUT2D eigenvalue weighted by atomic mass is 10.2. The van der Waals surface area contributed by atoms with E-state index in [-0.39, 0.29) is 5.75 Å². The van der Waals surface area contributed by atoms with Crippen molar-refractivity contribution >= 4 is 32.2 Å². The fraction of sp³-hybridized carbons (Fsp3) is 0.250. The van der Waals surface area contributed by atoms with E-state index < -0.39 is 0 Å². The van der Waals surface area contributed by atoms with Crippen LogP contribution in [0.15, 0.2) is 22.7 Å². The maximum atomic E-state index is 9.99. The molecule has 7 heteroatoms. The van der Waals surface area contributed by atoms with Crippen LogP contribution in [0.25, 0.3) is 15.5 Å². The highest BCUT2D eigenvalue weighted by atomic mass is 79.9. The van der Waals surface area contributed by atoms with Crippen molar-refractivity contribution in [2.24, 2.45) is 0 Å². The van der Waals surface area contributed by atoms with Gasteiger partial charge < -0.3 is 5.11 Å². The summed E-state index contributed by atoms with van der Waals surface area (Å²) in [6.07, 6.45) is 2.33. The number of nitrogens with zero attached hydrogens (tertiary/aromatic N) is 4. The van der Waals surface area contributed by atoms with Gasteiger partial charge in [-0.15, -0.1) is 10.2 Å². The molecular formula is C12H9BrN4OS. The maximum Gasteiger partial charge on any atom is 0.234 e. The molecule has 2 aromatic heterocycles. The van der Waals surface area contributed by atoms with Crippen molar-refractivity contribution in [2.45, 2.75) is 18.8 Å². The summed E-state index contributed by atoms with van der Waals surface area (Å²) in [4.78, 5) is 0.777. The van der Waals surface area contributed by atoms with Crippen LogP contribution in [-0.2, 0) is 0 Å². The minimum atomic E-state index is 0.215. The van der Waals surface area contributed by atoms with Crippen LogP contribution in [0.2, 0.25) is 0 Å². The number of hydrogen-bond acceptors (Lipinski definition) is 5. The number of fused-ring (bicyclic) bond motifs is 1. The molecule has 0 aliphatic heterocycles. The third kappa shape index (κ3) is 1.84. The Balaban J connectivity index is 1.86. The fourth-order valence-corrected chi connectivity index (χ4v) is 3.25. The van der Waals surface area contributed by atoms with Gasteiger partial charge in [0.15, 0.2) is 10.8 Å². The number of halogens is 1. The largest absolute Gasteiger partial charge is 0.507 e. The van der Waals surface area contributed by atoms with E-state index >= 15 is 0 Å². The average molecular weight is 337 g/mol. The lowest BCUT2D eigenvalue weighted by Crippen LogP contribution is -1.93. The van der Waals surface area contributed by atoms with Gasteiger partial charge in [0.2, 0.25) is 4.96 Å². The Labute approximate surface area is 121 Å². The third-order valence-electron chi connectivity index (χ3n) is 3.15. The first-order chi connectivity index (χ1) is 9.22. The molecule has 0 unspecified atom stereocenters. The molecule has 1 aliphatic carbocycles. The summed E-state index contributed by atoms with van der Waals surface area (Å²) in [6, 6.07) is 5.40. The van der Waals surface area contributed by atoms with Crippen molar-refractivity contribution in [3.8, 4) is 16.3 Å². The Hall–Kier alpha value is -1.47. The summed E-state index contributed by atoms with van der Waals surface area (Å²) in [5, 5.41) is 23.6. The molecule has 4 rings (SSSR count). The van der Waals surface area contributed by atoms with E-state index in [1.54, 1.807) is 10.6 Å². The van der Waals surface area contributed by atoms with Gasteiger partial charge in [-0.1, -0.05) is 27.3 Å². The second-order valence-corrected chi connectivity index (χ2v) is 6.47. The molecule has 1 N–H and O–H groups in total. The quantitative estimate of drug-likeness (QED) is 0.780. The van der Waals surface area contributed by atoms with Crippen molar-refractivity contribution in [2.75, 3.05) is 0 Å². The van der Waals surface area contributed by atoms with Gasteiger partial charge in [-0.3, -0.25) is 0 Å². The normalized spacial score (nSPS) is 15.2. The van der Waals surface area contributed by atoms with Gasteiger partial charge in [-0.05, 0) is 31.0 Å². The van der Waals surface area contributed by atoms with Crippen molar-refractivity contribution in [1.29, 1.82) is 0 Å². The van der Waals surface area contributed by atoms with Gasteiger partial charge in [-0.25, -0.2) is 0 Å². The van der Waals surface area contributed by atoms with Gasteiger partial charge in [-0.2, -0.15) is 9.61 Å². The minimum Gasteiger partial charge on any atom is -0.507 e. The molecular weight excluding hydrogens is 328 g/mol. The zero-order chi connectivity index (χ0) is 13.0. The number of benzene rings is 1. The Morgan fingerprint density at radius 1 is 1.32 bits per heavy atom. The van der Waals surface area contributed by atoms with Crippen molar-refractivity contribution < 1.29 is 5.11 Å². The summed E-state index contributed by atoms with van der Waals surface area (Å²) in [6.45, 7) is 0. The summed E-state index contributed by atoms with van der Waals surface area (Å²) in [5.74, 6) is 1.66. The highest BCUT2D eigenvalue weighted by molar-refractivity contribution is 9.10. The first kappa shape index (κ1) is 11.4. The molecule has 3 aromatic rings. The van der Waals surface area contributed by atoms with Gasteiger partial charge in [0.1, 0.15) is 5.75 Å². The Kier molecular flexibility index (Phi) is 2.40. The summed E-state index contributed by atoms with van der Waals surface area (Å²) < 4.78 is 2.65. The molecule has 1 saturated carbocycles. The second-order valence-electron chi connectivity index (χ2n) is 4.60. The topological polar surface area (TPSA) is 63.3 Å². The van der Waals surface area contributed by atoms with Crippen molar-refractivity contribution in [3.05, 3.63) is 28.5 Å². The molecule has 0 spiro atoms. The molecule has 1 aromatic carbocycles. The zero-order valence-corrected chi connectivity index (χ0v) is 12.1. The van der Waals surface area contributed by atoms with E-state index in [1.165, 1.54) is 11.3 Å². The van der Waals surface area contributed by atoms with Crippen molar-refractivity contribution in [3.63, 3.8) is 0 Å². The van der Waals surface area contributed by atoms with E-state index in [9.17, 15) is 5.11 Å². The minimum absolute atomic E-state index is 0.215. The van der Waals surface area contributed by atoms with Crippen LogP contribution < -0.4 is 0 Å². The standard InChI is InChI=1S/C12H9BrN4OS/c13-7-3-4-8(9(18)5-7)11-16-17-10(6-1-2-6)14-15-12(17)19-11/h3-6,18H,1-2H2. The maximum absolute atomic E-state index is 9.99. The summed E-state index contributed by atoms with van der Waals surface area (Å²) in [7, 11) is 0. The van der Waals surface area contributed by atoms with Gasteiger partial charge in [0.05, 0.1) is 5.56 Å². The molecule has 0 bridgehead atoms. The highest BCUT2D eigenvalue weighted by Crippen LogP contribution is 2.40. The van der Waals surface area contributed by atoms with E-state index in [4.69, 9.17) is 0 Å². The third-order valence-corrected chi connectivity index (χ3v) is 4.57. The van der Waals surface area contributed by atoms with E-state index in [0.29, 0.717) is 5.92 Å². The SMILES string of the molecule is Oc1cc(Br)ccc1-c1nn2c(C3CC3)nnc2s1. The van der Waals surface area contributed by atoms with Crippen LogP contribution >= 0.6 is 27.3 Å². The second kappa shape index (κ2) is 4.01. The highest BCUT2D eigenvalue weighted by Gasteiger charge is 2.30. The summed E-state index contributed by atoms with van der Waals surface area (Å²) in [5.41, 5.74) is 0.723. The molecule has 0 saturated heterocycles. The zero-order valence-electron chi connectivity index (χ0n) is 9.75. The fourth-order valence-electron chi connectivity index (χ4n) is 2.02. The number of phenolic OH excluding ortho intramolecular Hbond substituents is 1.